The Balaban J connectivity index is 1.91. The van der Waals surface area contributed by atoms with Crippen LogP contribution in [-0.4, -0.2) is 28.3 Å². The van der Waals surface area contributed by atoms with Crippen LogP contribution in [0.25, 0.3) is 0 Å². The van der Waals surface area contributed by atoms with Crippen LogP contribution >= 0.6 is 11.8 Å². The molecule has 0 atom stereocenters. The monoisotopic (exact) mass is 347 g/mol. The molecule has 5 nitrogen and oxygen atoms in total. The predicted octanol–water partition coefficient (Wildman–Crippen LogP) is 2.58. The third kappa shape index (κ3) is 2.80. The molecule has 24 heavy (non-hydrogen) atoms. The van der Waals surface area contributed by atoms with E-state index >= 15 is 0 Å². The highest BCUT2D eigenvalue weighted by Crippen LogP contribution is 2.25. The van der Waals surface area contributed by atoms with Crippen molar-refractivity contribution in [3.8, 4) is 0 Å². The van der Waals surface area contributed by atoms with Crippen molar-refractivity contribution in [2.75, 3.05) is 18.2 Å². The molecular weight excluding hydrogens is 329 g/mol. The second-order valence-corrected chi connectivity index (χ2v) is 6.61. The minimum atomic E-state index is -0.405. The van der Waals surface area contributed by atoms with Gasteiger partial charge in [-0.2, -0.15) is 0 Å². The summed E-state index contributed by atoms with van der Waals surface area (Å²) in [5, 5.41) is 1.39. The predicted molar refractivity (Wildman–Crippen MR) is 93.0 cm³/mol. The van der Waals surface area contributed by atoms with E-state index in [9.17, 15) is 14.0 Å². The average molecular weight is 347 g/mol. The quantitative estimate of drug-likeness (QED) is 0.867. The van der Waals surface area contributed by atoms with E-state index in [0.717, 1.165) is 10.5 Å². The fourth-order valence-electron chi connectivity index (χ4n) is 2.87. The first-order chi connectivity index (χ1) is 11.4. The minimum absolute atomic E-state index is 0.0957. The normalized spacial score (nSPS) is 13.8. The summed E-state index contributed by atoms with van der Waals surface area (Å²) in [6.07, 6.45) is 3.98. The fourth-order valence-corrected chi connectivity index (χ4v) is 3.29. The average Bonchev–Trinajstić information content (AvgIpc) is 2.57. The molecular formula is C17H18FN3O2S. The second kappa shape index (κ2) is 6.32. The molecule has 0 saturated carbocycles. The number of carbonyl (C=O) groups is 1. The van der Waals surface area contributed by atoms with E-state index < -0.39 is 5.82 Å². The van der Waals surface area contributed by atoms with Gasteiger partial charge in [-0.25, -0.2) is 4.39 Å². The van der Waals surface area contributed by atoms with Crippen LogP contribution in [0, 0.1) is 12.7 Å². The molecule has 0 aliphatic carbocycles. The van der Waals surface area contributed by atoms with Gasteiger partial charge in [-0.3, -0.25) is 20.0 Å². The Morgan fingerprint density at radius 2 is 2.04 bits per heavy atom. The molecule has 7 heteroatoms. The highest BCUT2D eigenvalue weighted by Gasteiger charge is 2.27. The van der Waals surface area contributed by atoms with Crippen LogP contribution in [0.3, 0.4) is 0 Å². The van der Waals surface area contributed by atoms with Gasteiger partial charge in [0.05, 0.1) is 11.3 Å². The highest BCUT2D eigenvalue weighted by atomic mass is 32.2. The molecule has 1 amide bonds. The summed E-state index contributed by atoms with van der Waals surface area (Å²) in [4.78, 5) is 25.5. The molecule has 0 fully saturated rings. The molecule has 1 aromatic carbocycles. The smallest absolute Gasteiger partial charge is 0.273 e. The zero-order valence-corrected chi connectivity index (χ0v) is 14.5. The first-order valence-electron chi connectivity index (χ1n) is 7.53. The second-order valence-electron chi connectivity index (χ2n) is 5.73. The molecule has 0 spiro atoms. The van der Waals surface area contributed by atoms with E-state index in [2.05, 4.69) is 5.43 Å². The number of pyridine rings is 1. The summed E-state index contributed by atoms with van der Waals surface area (Å²) in [5.41, 5.74) is 4.87. The number of nitrogens with one attached hydrogen (secondary N) is 1. The Labute approximate surface area is 143 Å². The van der Waals surface area contributed by atoms with Crippen LogP contribution in [0.1, 0.15) is 21.5 Å². The molecule has 1 aromatic heterocycles. The van der Waals surface area contributed by atoms with Gasteiger partial charge in [-0.15, -0.1) is 11.8 Å². The molecule has 0 saturated heterocycles. The zero-order valence-electron chi connectivity index (χ0n) is 13.7. The van der Waals surface area contributed by atoms with Crippen LogP contribution in [-0.2, 0) is 13.5 Å². The SMILES string of the molecule is CSc1ccc(NN2CCc3c(cn(C)c(=O)c3C)C2=O)c(F)c1. The Hall–Kier alpha value is -2.28. The first-order valence-corrected chi connectivity index (χ1v) is 8.76. The number of benzene rings is 1. The number of anilines is 1. The van der Waals surface area contributed by atoms with E-state index in [4.69, 9.17) is 0 Å². The van der Waals surface area contributed by atoms with Crippen LogP contribution in [0.15, 0.2) is 34.1 Å². The summed E-state index contributed by atoms with van der Waals surface area (Å²) in [6, 6.07) is 4.85. The number of fused-ring (bicyclic) bond motifs is 1. The number of amides is 1. The third-order valence-electron chi connectivity index (χ3n) is 4.23. The Morgan fingerprint density at radius 1 is 1.29 bits per heavy atom. The van der Waals surface area contributed by atoms with Crippen LogP contribution in [0.2, 0.25) is 0 Å². The van der Waals surface area contributed by atoms with Crippen molar-refractivity contribution in [1.82, 2.24) is 9.58 Å². The summed E-state index contributed by atoms with van der Waals surface area (Å²) in [6.45, 7) is 2.11. The number of hydrogen-bond donors (Lipinski definition) is 1. The third-order valence-corrected chi connectivity index (χ3v) is 4.96. The molecule has 1 aliphatic rings. The summed E-state index contributed by atoms with van der Waals surface area (Å²) >= 11 is 1.45. The number of carbonyl (C=O) groups excluding carboxylic acids is 1. The highest BCUT2D eigenvalue weighted by molar-refractivity contribution is 7.98. The van der Waals surface area contributed by atoms with Crippen molar-refractivity contribution in [3.05, 3.63) is 57.3 Å². The van der Waals surface area contributed by atoms with Crippen LogP contribution in [0.4, 0.5) is 10.1 Å². The Bertz CT molecular complexity index is 879. The van der Waals surface area contributed by atoms with E-state index in [1.807, 2.05) is 6.26 Å². The van der Waals surface area contributed by atoms with Crippen molar-refractivity contribution in [2.24, 2.45) is 7.05 Å². The van der Waals surface area contributed by atoms with Crippen molar-refractivity contribution >= 4 is 23.4 Å². The largest absolute Gasteiger partial charge is 0.318 e. The maximum absolute atomic E-state index is 14.1. The lowest BCUT2D eigenvalue weighted by Crippen LogP contribution is -2.43. The topological polar surface area (TPSA) is 54.3 Å². The zero-order chi connectivity index (χ0) is 17.4. The lowest BCUT2D eigenvalue weighted by Gasteiger charge is -2.30. The minimum Gasteiger partial charge on any atom is -0.318 e. The van der Waals surface area contributed by atoms with Crippen LogP contribution < -0.4 is 11.0 Å². The number of rotatable bonds is 3. The van der Waals surface area contributed by atoms with Crippen molar-refractivity contribution in [2.45, 2.75) is 18.2 Å². The number of halogens is 1. The number of hydrazine groups is 1. The number of hydrogen-bond acceptors (Lipinski definition) is 4. The Morgan fingerprint density at radius 3 is 2.71 bits per heavy atom. The van der Waals surface area contributed by atoms with Gasteiger partial charge in [0.2, 0.25) is 0 Å². The van der Waals surface area contributed by atoms with Gasteiger partial charge < -0.3 is 4.57 Å². The van der Waals surface area contributed by atoms with Gasteiger partial charge in [0.15, 0.2) is 0 Å². The summed E-state index contributed by atoms with van der Waals surface area (Å²) in [5.74, 6) is -0.666. The van der Waals surface area contributed by atoms with Gasteiger partial charge >= 0.3 is 0 Å². The first kappa shape index (κ1) is 16.6. The van der Waals surface area contributed by atoms with Crippen molar-refractivity contribution in [3.63, 3.8) is 0 Å². The van der Waals surface area contributed by atoms with Gasteiger partial charge in [0.25, 0.3) is 11.5 Å². The number of aryl methyl sites for hydroxylation is 1. The number of aromatic nitrogens is 1. The maximum atomic E-state index is 14.1. The standard InChI is InChI=1S/C17H18FN3O2S/c1-10-12-6-7-21(17(23)13(12)9-20(2)16(10)22)19-15-5-4-11(24-3)8-14(15)18/h4-5,8-9,19H,6-7H2,1-3H3. The van der Waals surface area contributed by atoms with Crippen molar-refractivity contribution < 1.29 is 9.18 Å². The maximum Gasteiger partial charge on any atom is 0.273 e. The molecule has 0 bridgehead atoms. The summed E-state index contributed by atoms with van der Waals surface area (Å²) < 4.78 is 15.5. The van der Waals surface area contributed by atoms with E-state index in [-0.39, 0.29) is 17.2 Å². The fraction of sp³-hybridized carbons (Fsp3) is 0.294. The van der Waals surface area contributed by atoms with Gasteiger partial charge in [-0.05, 0) is 43.4 Å². The van der Waals surface area contributed by atoms with Gasteiger partial charge in [-0.1, -0.05) is 0 Å². The molecule has 1 aliphatic heterocycles. The molecule has 3 rings (SSSR count). The van der Waals surface area contributed by atoms with E-state index in [0.29, 0.717) is 24.1 Å². The van der Waals surface area contributed by atoms with Crippen LogP contribution in [0.5, 0.6) is 0 Å². The van der Waals surface area contributed by atoms with Crippen molar-refractivity contribution in [1.29, 1.82) is 0 Å². The molecule has 0 radical (unpaired) electrons. The molecule has 0 unspecified atom stereocenters. The summed E-state index contributed by atoms with van der Waals surface area (Å²) in [7, 11) is 1.62. The van der Waals surface area contributed by atoms with Gasteiger partial charge in [0.1, 0.15) is 5.82 Å². The molecule has 2 aromatic rings. The number of thioether (sulfide) groups is 1. The molecule has 126 valence electrons. The lowest BCUT2D eigenvalue weighted by molar-refractivity contribution is 0.0777. The number of nitrogens with zero attached hydrogens (tertiary/aromatic N) is 2. The van der Waals surface area contributed by atoms with E-state index in [1.54, 1.807) is 32.3 Å². The molecule has 1 N–H and O–H groups in total. The lowest BCUT2D eigenvalue weighted by atomic mass is 9.98. The van der Waals surface area contributed by atoms with E-state index in [1.165, 1.54) is 27.4 Å². The van der Waals surface area contributed by atoms with Gasteiger partial charge in [0, 0.05) is 30.2 Å². The molecule has 2 heterocycles. The Kier molecular flexibility index (Phi) is 4.36.